The van der Waals surface area contributed by atoms with Crippen LogP contribution in [0.4, 0.5) is 5.69 Å². The number of hydrogen-bond donors (Lipinski definition) is 2. The molecule has 3 aliphatic rings. The fourth-order valence-electron chi connectivity index (χ4n) is 3.97. The minimum Gasteiger partial charge on any atom is -0.377 e. The van der Waals surface area contributed by atoms with Gasteiger partial charge >= 0.3 is 0 Å². The molecule has 1 aliphatic heterocycles. The Morgan fingerprint density at radius 2 is 2.04 bits per heavy atom. The number of carbonyl (C=O) groups is 2. The van der Waals surface area contributed by atoms with Crippen molar-refractivity contribution < 1.29 is 14.3 Å². The van der Waals surface area contributed by atoms with Crippen molar-refractivity contribution in [1.29, 1.82) is 0 Å². The number of benzene rings is 1. The maximum absolute atomic E-state index is 12.9. The van der Waals surface area contributed by atoms with E-state index in [1.165, 1.54) is 0 Å². The molecular formula is C19H24N2O3. The van der Waals surface area contributed by atoms with Crippen LogP contribution in [0.15, 0.2) is 18.2 Å². The molecule has 2 atom stereocenters. The molecule has 4 rings (SSSR count). The molecule has 1 aromatic carbocycles. The van der Waals surface area contributed by atoms with E-state index in [-0.39, 0.29) is 23.3 Å². The molecule has 5 nitrogen and oxygen atoms in total. The predicted octanol–water partition coefficient (Wildman–Crippen LogP) is 2.78. The Morgan fingerprint density at radius 1 is 1.21 bits per heavy atom. The summed E-state index contributed by atoms with van der Waals surface area (Å²) in [6.07, 6.45) is 5.88. The highest BCUT2D eigenvalue weighted by atomic mass is 16.5. The van der Waals surface area contributed by atoms with E-state index in [9.17, 15) is 9.59 Å². The van der Waals surface area contributed by atoms with Crippen LogP contribution in [-0.2, 0) is 9.53 Å². The summed E-state index contributed by atoms with van der Waals surface area (Å²) in [5.74, 6) is -0.0144. The number of ether oxygens (including phenoxy) is 1. The van der Waals surface area contributed by atoms with Gasteiger partial charge in [-0.25, -0.2) is 0 Å². The summed E-state index contributed by atoms with van der Waals surface area (Å²) < 4.78 is 5.76. The van der Waals surface area contributed by atoms with Crippen LogP contribution in [0.5, 0.6) is 0 Å². The van der Waals surface area contributed by atoms with Crippen molar-refractivity contribution in [2.45, 2.75) is 57.6 Å². The van der Waals surface area contributed by atoms with Gasteiger partial charge in [0.05, 0.1) is 11.5 Å². The van der Waals surface area contributed by atoms with Gasteiger partial charge in [-0.2, -0.15) is 0 Å². The molecule has 1 saturated heterocycles. The van der Waals surface area contributed by atoms with Gasteiger partial charge in [-0.15, -0.1) is 0 Å². The first-order valence-corrected chi connectivity index (χ1v) is 8.93. The highest BCUT2D eigenvalue weighted by molar-refractivity contribution is 6.00. The van der Waals surface area contributed by atoms with Crippen molar-refractivity contribution in [3.8, 4) is 0 Å². The van der Waals surface area contributed by atoms with E-state index in [1.807, 2.05) is 19.1 Å². The molecule has 0 radical (unpaired) electrons. The van der Waals surface area contributed by atoms with E-state index in [0.29, 0.717) is 18.2 Å². The van der Waals surface area contributed by atoms with Crippen molar-refractivity contribution in [3.05, 3.63) is 29.3 Å². The highest BCUT2D eigenvalue weighted by Crippen LogP contribution is 2.48. The third-order valence-corrected chi connectivity index (χ3v) is 5.69. The van der Waals surface area contributed by atoms with E-state index in [1.54, 1.807) is 6.07 Å². The van der Waals surface area contributed by atoms with Crippen molar-refractivity contribution in [2.24, 2.45) is 5.41 Å². The van der Waals surface area contributed by atoms with Gasteiger partial charge in [0.15, 0.2) is 0 Å². The van der Waals surface area contributed by atoms with Crippen LogP contribution in [0.2, 0.25) is 0 Å². The molecule has 1 heterocycles. The van der Waals surface area contributed by atoms with Crippen molar-refractivity contribution in [1.82, 2.24) is 5.32 Å². The Hall–Kier alpha value is -1.88. The number of anilines is 1. The summed E-state index contributed by atoms with van der Waals surface area (Å²) in [4.78, 5) is 25.2. The summed E-state index contributed by atoms with van der Waals surface area (Å²) in [5.41, 5.74) is 1.93. The zero-order valence-electron chi connectivity index (χ0n) is 14.1. The maximum Gasteiger partial charge on any atom is 0.251 e. The van der Waals surface area contributed by atoms with Crippen molar-refractivity contribution >= 4 is 17.5 Å². The van der Waals surface area contributed by atoms with Crippen LogP contribution in [0, 0.1) is 12.3 Å². The van der Waals surface area contributed by atoms with E-state index < -0.39 is 0 Å². The predicted molar refractivity (Wildman–Crippen MR) is 90.9 cm³/mol. The number of amides is 2. The second-order valence-electron chi connectivity index (χ2n) is 7.39. The van der Waals surface area contributed by atoms with Gasteiger partial charge < -0.3 is 15.4 Å². The van der Waals surface area contributed by atoms with E-state index in [4.69, 9.17) is 4.74 Å². The zero-order chi connectivity index (χ0) is 16.7. The Morgan fingerprint density at radius 3 is 2.83 bits per heavy atom. The maximum atomic E-state index is 12.9. The Bertz CT molecular complexity index is 671. The van der Waals surface area contributed by atoms with Crippen LogP contribution in [0.25, 0.3) is 0 Å². The average Bonchev–Trinajstić information content (AvgIpc) is 3.11. The second kappa shape index (κ2) is 5.88. The lowest BCUT2D eigenvalue weighted by Crippen LogP contribution is -2.39. The molecule has 128 valence electrons. The Balaban J connectivity index is 1.53. The molecule has 3 fully saturated rings. The Kier molecular flexibility index (Phi) is 3.83. The first kappa shape index (κ1) is 15.6. The number of hydrogen-bond acceptors (Lipinski definition) is 3. The molecular weight excluding hydrogens is 304 g/mol. The van der Waals surface area contributed by atoms with Gasteiger partial charge in [0.25, 0.3) is 5.91 Å². The lowest BCUT2D eigenvalue weighted by molar-refractivity contribution is -0.127. The fraction of sp³-hybridized carbons (Fsp3) is 0.579. The summed E-state index contributed by atoms with van der Waals surface area (Å²) in [6, 6.07) is 5.83. The van der Waals surface area contributed by atoms with E-state index in [0.717, 1.165) is 49.8 Å². The van der Waals surface area contributed by atoms with Gasteiger partial charge in [0, 0.05) is 23.9 Å². The molecule has 2 amide bonds. The van der Waals surface area contributed by atoms with Crippen LogP contribution in [0.3, 0.4) is 0 Å². The average molecular weight is 328 g/mol. The Labute approximate surface area is 142 Å². The standard InChI is InChI=1S/C19H24N2O3/c1-12-4-5-13(17(22)20-14-6-7-14)11-15(12)21-18(23)19-8-2-3-16(19)24-10-9-19/h4-5,11,14,16H,2-3,6-10H2,1H3,(H,20,22)(H,21,23)/t16-,19+/m1/s1. The normalized spacial score (nSPS) is 28.5. The molecule has 2 aliphatic carbocycles. The van der Waals surface area contributed by atoms with E-state index in [2.05, 4.69) is 10.6 Å². The SMILES string of the molecule is Cc1ccc(C(=O)NC2CC2)cc1NC(=O)[C@]12CCC[C@H]1OCC2. The van der Waals surface area contributed by atoms with Crippen LogP contribution >= 0.6 is 0 Å². The van der Waals surface area contributed by atoms with Gasteiger partial charge in [0.1, 0.15) is 0 Å². The minimum absolute atomic E-state index is 0.0466. The van der Waals surface area contributed by atoms with Gasteiger partial charge in [-0.05, 0) is 63.1 Å². The molecule has 5 heteroatoms. The monoisotopic (exact) mass is 328 g/mol. The zero-order valence-corrected chi connectivity index (χ0v) is 14.1. The summed E-state index contributed by atoms with van der Waals surface area (Å²) >= 11 is 0. The first-order chi connectivity index (χ1) is 11.6. The van der Waals surface area contributed by atoms with E-state index >= 15 is 0 Å². The smallest absolute Gasteiger partial charge is 0.251 e. The summed E-state index contributed by atoms with van der Waals surface area (Å²) in [5, 5.41) is 6.07. The molecule has 0 unspecified atom stereocenters. The van der Waals surface area contributed by atoms with Crippen LogP contribution < -0.4 is 10.6 Å². The fourth-order valence-corrected chi connectivity index (χ4v) is 3.97. The third-order valence-electron chi connectivity index (χ3n) is 5.69. The molecule has 2 saturated carbocycles. The number of rotatable bonds is 4. The molecule has 0 spiro atoms. The number of carbonyl (C=O) groups excluding carboxylic acids is 2. The molecule has 1 aromatic rings. The van der Waals surface area contributed by atoms with Crippen molar-refractivity contribution in [3.63, 3.8) is 0 Å². The highest BCUT2D eigenvalue weighted by Gasteiger charge is 2.52. The molecule has 2 N–H and O–H groups in total. The number of aryl methyl sites for hydroxylation is 1. The largest absolute Gasteiger partial charge is 0.377 e. The molecule has 0 bridgehead atoms. The molecule has 0 aromatic heterocycles. The summed E-state index contributed by atoms with van der Waals surface area (Å²) in [6.45, 7) is 2.62. The van der Waals surface area contributed by atoms with Crippen LogP contribution in [0.1, 0.15) is 54.4 Å². The molecule has 24 heavy (non-hydrogen) atoms. The quantitative estimate of drug-likeness (QED) is 0.893. The van der Waals surface area contributed by atoms with Gasteiger partial charge in [0.2, 0.25) is 5.91 Å². The number of fused-ring (bicyclic) bond motifs is 1. The minimum atomic E-state index is -0.376. The lowest BCUT2D eigenvalue weighted by atomic mass is 9.81. The topological polar surface area (TPSA) is 67.4 Å². The van der Waals surface area contributed by atoms with Crippen LogP contribution in [-0.4, -0.2) is 30.6 Å². The summed E-state index contributed by atoms with van der Waals surface area (Å²) in [7, 11) is 0. The van der Waals surface area contributed by atoms with Gasteiger partial charge in [-0.1, -0.05) is 6.07 Å². The second-order valence-corrected chi connectivity index (χ2v) is 7.39. The third kappa shape index (κ3) is 2.71. The van der Waals surface area contributed by atoms with Crippen molar-refractivity contribution in [2.75, 3.05) is 11.9 Å². The first-order valence-electron chi connectivity index (χ1n) is 8.93. The van der Waals surface area contributed by atoms with Gasteiger partial charge in [-0.3, -0.25) is 9.59 Å². The lowest BCUT2D eigenvalue weighted by Gasteiger charge is -2.26. The number of nitrogens with one attached hydrogen (secondary N) is 2.